The van der Waals surface area contributed by atoms with E-state index in [-0.39, 0.29) is 5.78 Å². The Labute approximate surface area is 71.3 Å². The van der Waals surface area contributed by atoms with E-state index in [1.54, 1.807) is 6.92 Å². The topological polar surface area (TPSA) is 55.4 Å². The zero-order chi connectivity index (χ0) is 8.97. The lowest BCUT2D eigenvalue weighted by Gasteiger charge is -2.20. The molecule has 1 rings (SSSR count). The van der Waals surface area contributed by atoms with E-state index in [9.17, 15) is 9.59 Å². The summed E-state index contributed by atoms with van der Waals surface area (Å²) in [6.07, 6.45) is 1.30. The maximum absolute atomic E-state index is 11.1. The van der Waals surface area contributed by atoms with Crippen LogP contribution in [0.4, 0.5) is 0 Å². The highest BCUT2D eigenvalue weighted by Crippen LogP contribution is 2.04. The van der Waals surface area contributed by atoms with Gasteiger partial charge in [-0.05, 0) is 19.9 Å². The van der Waals surface area contributed by atoms with Gasteiger partial charge in [0.1, 0.15) is 0 Å². The molecule has 0 spiro atoms. The Morgan fingerprint density at radius 1 is 1.75 bits per heavy atom. The van der Waals surface area contributed by atoms with Crippen molar-refractivity contribution >= 4 is 11.8 Å². The molecule has 12 heavy (non-hydrogen) atoms. The van der Waals surface area contributed by atoms with E-state index in [0.717, 1.165) is 13.0 Å². The van der Waals surface area contributed by atoms with Crippen LogP contribution in [0.1, 0.15) is 19.8 Å². The first-order valence-corrected chi connectivity index (χ1v) is 4.18. The molecular weight excluding hydrogens is 158 g/mol. The fraction of sp³-hybridized carbons (Fsp3) is 0.750. The van der Waals surface area contributed by atoms with Crippen molar-refractivity contribution in [1.82, 2.24) is 5.32 Å². The van der Waals surface area contributed by atoms with Crippen LogP contribution in [0.5, 0.6) is 0 Å². The van der Waals surface area contributed by atoms with E-state index in [1.807, 2.05) is 0 Å². The van der Waals surface area contributed by atoms with Gasteiger partial charge >= 0.3 is 5.97 Å². The van der Waals surface area contributed by atoms with Gasteiger partial charge < -0.3 is 4.74 Å². The highest BCUT2D eigenvalue weighted by atomic mass is 16.5. The first-order chi connectivity index (χ1) is 5.75. The minimum atomic E-state index is -0.710. The fourth-order valence-corrected chi connectivity index (χ4v) is 1.21. The number of rotatable bonds is 2. The van der Waals surface area contributed by atoms with Gasteiger partial charge in [-0.1, -0.05) is 0 Å². The monoisotopic (exact) mass is 171 g/mol. The van der Waals surface area contributed by atoms with Crippen LogP contribution in [-0.2, 0) is 14.3 Å². The van der Waals surface area contributed by atoms with Gasteiger partial charge in [-0.25, -0.2) is 4.79 Å². The van der Waals surface area contributed by atoms with Crippen molar-refractivity contribution in [3.05, 3.63) is 0 Å². The number of ether oxygens (including phenoxy) is 1. The standard InChI is InChI=1S/C8H13NO3/c1-2-12-8(11)7-6(10)4-3-5-9-7/h7,9H,2-5H2,1H3. The summed E-state index contributed by atoms with van der Waals surface area (Å²) in [5, 5.41) is 2.83. The van der Waals surface area contributed by atoms with E-state index in [1.165, 1.54) is 0 Å². The van der Waals surface area contributed by atoms with Crippen LogP contribution in [0.15, 0.2) is 0 Å². The van der Waals surface area contributed by atoms with Crippen molar-refractivity contribution in [2.45, 2.75) is 25.8 Å². The number of Topliss-reactive ketones (excluding diaryl/α,β-unsaturated/α-hetero) is 1. The molecular formula is C8H13NO3. The second-order valence-electron chi connectivity index (χ2n) is 2.71. The van der Waals surface area contributed by atoms with Gasteiger partial charge in [0.15, 0.2) is 11.8 Å². The molecule has 0 aromatic heterocycles. The second-order valence-corrected chi connectivity index (χ2v) is 2.71. The van der Waals surface area contributed by atoms with E-state index >= 15 is 0 Å². The Morgan fingerprint density at radius 2 is 2.50 bits per heavy atom. The molecule has 0 radical (unpaired) electrons. The number of esters is 1. The number of hydrogen-bond acceptors (Lipinski definition) is 4. The lowest BCUT2D eigenvalue weighted by Crippen LogP contribution is -2.48. The summed E-state index contributed by atoms with van der Waals surface area (Å²) in [4.78, 5) is 22.3. The predicted octanol–water partition coefficient (Wildman–Crippen LogP) is -0.129. The lowest BCUT2D eigenvalue weighted by molar-refractivity contribution is -0.149. The summed E-state index contributed by atoms with van der Waals surface area (Å²) < 4.78 is 4.73. The molecule has 0 amide bonds. The summed E-state index contributed by atoms with van der Waals surface area (Å²) in [5.74, 6) is -0.498. The number of hydrogen-bond donors (Lipinski definition) is 1. The highest BCUT2D eigenvalue weighted by molar-refractivity contribution is 6.03. The Kier molecular flexibility index (Phi) is 3.22. The number of carbonyl (C=O) groups is 2. The molecule has 0 aromatic rings. The van der Waals surface area contributed by atoms with Crippen LogP contribution in [0.3, 0.4) is 0 Å². The van der Waals surface area contributed by atoms with Crippen LogP contribution >= 0.6 is 0 Å². The Bertz CT molecular complexity index is 191. The zero-order valence-electron chi connectivity index (χ0n) is 7.13. The summed E-state index contributed by atoms with van der Waals surface area (Å²) in [6, 6.07) is -0.710. The van der Waals surface area contributed by atoms with Gasteiger partial charge in [-0.15, -0.1) is 0 Å². The van der Waals surface area contributed by atoms with Crippen molar-refractivity contribution in [3.63, 3.8) is 0 Å². The third-order valence-corrected chi connectivity index (χ3v) is 1.79. The molecule has 0 aromatic carbocycles. The van der Waals surface area contributed by atoms with Gasteiger partial charge in [0.2, 0.25) is 0 Å². The van der Waals surface area contributed by atoms with Gasteiger partial charge in [-0.3, -0.25) is 10.1 Å². The van der Waals surface area contributed by atoms with Crippen LogP contribution in [0.25, 0.3) is 0 Å². The third-order valence-electron chi connectivity index (χ3n) is 1.79. The van der Waals surface area contributed by atoms with Crippen molar-refractivity contribution in [3.8, 4) is 0 Å². The Balaban J connectivity index is 2.48. The molecule has 1 N–H and O–H groups in total. The van der Waals surface area contributed by atoms with Crippen molar-refractivity contribution in [1.29, 1.82) is 0 Å². The summed E-state index contributed by atoms with van der Waals surface area (Å²) in [5.41, 5.74) is 0. The molecule has 68 valence electrons. The van der Waals surface area contributed by atoms with Crippen LogP contribution in [0, 0.1) is 0 Å². The van der Waals surface area contributed by atoms with Crippen LogP contribution < -0.4 is 5.32 Å². The summed E-state index contributed by atoms with van der Waals surface area (Å²) in [7, 11) is 0. The van der Waals surface area contributed by atoms with E-state index in [0.29, 0.717) is 13.0 Å². The number of piperidine rings is 1. The van der Waals surface area contributed by atoms with Crippen molar-refractivity contribution < 1.29 is 14.3 Å². The van der Waals surface area contributed by atoms with Crippen molar-refractivity contribution in [2.75, 3.05) is 13.2 Å². The molecule has 1 fully saturated rings. The minimum absolute atomic E-state index is 0.0558. The van der Waals surface area contributed by atoms with E-state index in [2.05, 4.69) is 5.32 Å². The van der Waals surface area contributed by atoms with Gasteiger partial charge in [-0.2, -0.15) is 0 Å². The summed E-state index contributed by atoms with van der Waals surface area (Å²) in [6.45, 7) is 2.77. The van der Waals surface area contributed by atoms with Crippen LogP contribution in [-0.4, -0.2) is 30.9 Å². The van der Waals surface area contributed by atoms with Crippen LogP contribution in [0.2, 0.25) is 0 Å². The minimum Gasteiger partial charge on any atom is -0.464 e. The first-order valence-electron chi connectivity index (χ1n) is 4.18. The third kappa shape index (κ3) is 2.04. The smallest absolute Gasteiger partial charge is 0.330 e. The number of ketones is 1. The number of carbonyl (C=O) groups excluding carboxylic acids is 2. The predicted molar refractivity (Wildman–Crippen MR) is 42.7 cm³/mol. The van der Waals surface area contributed by atoms with E-state index in [4.69, 9.17) is 4.74 Å². The summed E-state index contributed by atoms with van der Waals surface area (Å²) >= 11 is 0. The zero-order valence-corrected chi connectivity index (χ0v) is 7.13. The molecule has 1 aliphatic rings. The highest BCUT2D eigenvalue weighted by Gasteiger charge is 2.29. The number of nitrogens with one attached hydrogen (secondary N) is 1. The molecule has 4 heteroatoms. The molecule has 0 saturated carbocycles. The molecule has 1 heterocycles. The van der Waals surface area contributed by atoms with Gasteiger partial charge in [0.25, 0.3) is 0 Å². The average molecular weight is 171 g/mol. The van der Waals surface area contributed by atoms with E-state index < -0.39 is 12.0 Å². The molecule has 0 aliphatic carbocycles. The normalized spacial score (nSPS) is 23.8. The van der Waals surface area contributed by atoms with Crippen molar-refractivity contribution in [2.24, 2.45) is 0 Å². The molecule has 1 unspecified atom stereocenters. The quantitative estimate of drug-likeness (QED) is 0.464. The largest absolute Gasteiger partial charge is 0.464 e. The molecule has 1 atom stereocenters. The molecule has 0 bridgehead atoms. The molecule has 1 saturated heterocycles. The first kappa shape index (κ1) is 9.19. The lowest BCUT2D eigenvalue weighted by atomic mass is 10.0. The second kappa shape index (κ2) is 4.21. The van der Waals surface area contributed by atoms with Gasteiger partial charge in [0.05, 0.1) is 6.61 Å². The maximum Gasteiger partial charge on any atom is 0.330 e. The maximum atomic E-state index is 11.1. The molecule has 1 aliphatic heterocycles. The average Bonchev–Trinajstić information content (AvgIpc) is 2.05. The van der Waals surface area contributed by atoms with Gasteiger partial charge in [0, 0.05) is 6.42 Å². The fourth-order valence-electron chi connectivity index (χ4n) is 1.21. The molecule has 4 nitrogen and oxygen atoms in total. The Morgan fingerprint density at radius 3 is 3.08 bits per heavy atom. The Hall–Kier alpha value is -0.900. The SMILES string of the molecule is CCOC(=O)C1NCCCC1=O.